The molecule has 0 unspecified atom stereocenters. The Morgan fingerprint density at radius 3 is 2.58 bits per heavy atom. The second kappa shape index (κ2) is 9.44. The van der Waals surface area contributed by atoms with Crippen LogP contribution in [0.4, 0.5) is 0 Å². The van der Waals surface area contributed by atoms with Crippen LogP contribution >= 0.6 is 34.5 Å². The lowest BCUT2D eigenvalue weighted by molar-refractivity contribution is -0.0640. The van der Waals surface area contributed by atoms with Crippen LogP contribution in [0.15, 0.2) is 40.9 Å². The molecule has 0 atom stereocenters. The van der Waals surface area contributed by atoms with Gasteiger partial charge in [-0.3, -0.25) is 0 Å². The highest BCUT2D eigenvalue weighted by atomic mass is 35.5. The highest BCUT2D eigenvalue weighted by Gasteiger charge is 2.39. The van der Waals surface area contributed by atoms with Crippen LogP contribution in [0.1, 0.15) is 66.3 Å². The second-order valence-electron chi connectivity index (χ2n) is 9.60. The van der Waals surface area contributed by atoms with E-state index in [1.165, 1.54) is 11.3 Å². The van der Waals surface area contributed by atoms with E-state index in [0.29, 0.717) is 70.1 Å². The Morgan fingerprint density at radius 1 is 1.14 bits per heavy atom. The van der Waals surface area contributed by atoms with E-state index >= 15 is 0 Å². The Kier molecular flexibility index (Phi) is 6.27. The molecule has 36 heavy (non-hydrogen) atoms. The first kappa shape index (κ1) is 23.9. The quantitative estimate of drug-likeness (QED) is 0.275. The number of fused-ring (bicyclic) bond motifs is 1. The number of hydrogen-bond donors (Lipinski definition) is 1. The number of benzene rings is 2. The van der Waals surface area contributed by atoms with Gasteiger partial charge in [0.25, 0.3) is 0 Å². The van der Waals surface area contributed by atoms with Gasteiger partial charge in [0.1, 0.15) is 22.1 Å². The van der Waals surface area contributed by atoms with Crippen molar-refractivity contribution in [2.75, 3.05) is 0 Å². The average molecular weight is 540 g/mol. The number of aliphatic hydroxyl groups is 1. The molecule has 9 heteroatoms. The van der Waals surface area contributed by atoms with Gasteiger partial charge in [0.2, 0.25) is 0 Å². The van der Waals surface area contributed by atoms with Crippen LogP contribution in [0, 0.1) is 11.3 Å². The lowest BCUT2D eigenvalue weighted by atomic mass is 9.83. The molecule has 1 N–H and O–H groups in total. The molecule has 0 spiro atoms. The van der Waals surface area contributed by atoms with E-state index in [1.807, 2.05) is 18.2 Å². The highest BCUT2D eigenvalue weighted by Crippen LogP contribution is 2.47. The summed E-state index contributed by atoms with van der Waals surface area (Å²) in [7, 11) is 0. The van der Waals surface area contributed by atoms with Gasteiger partial charge in [0.05, 0.1) is 44.6 Å². The number of nitrogens with zero attached hydrogens (tertiary/aromatic N) is 3. The van der Waals surface area contributed by atoms with Crippen LogP contribution in [0.25, 0.3) is 21.5 Å². The van der Waals surface area contributed by atoms with Crippen molar-refractivity contribution >= 4 is 44.8 Å². The number of halogens is 2. The van der Waals surface area contributed by atoms with Crippen molar-refractivity contribution < 1.29 is 14.4 Å². The highest BCUT2D eigenvalue weighted by molar-refractivity contribution is 7.18. The molecule has 2 aromatic heterocycles. The van der Waals surface area contributed by atoms with Crippen LogP contribution in [-0.4, -0.2) is 21.4 Å². The fourth-order valence-electron chi connectivity index (χ4n) is 4.89. The average Bonchev–Trinajstić information content (AvgIpc) is 3.49. The van der Waals surface area contributed by atoms with Gasteiger partial charge in [-0.15, -0.1) is 11.3 Å². The molecular formula is C27H23Cl2N3O3S. The fourth-order valence-corrected chi connectivity index (χ4v) is 6.62. The molecule has 2 saturated carbocycles. The maximum absolute atomic E-state index is 11.4. The van der Waals surface area contributed by atoms with E-state index in [4.69, 9.17) is 37.7 Å². The minimum atomic E-state index is -0.983. The molecule has 2 aliphatic rings. The van der Waals surface area contributed by atoms with Crippen LogP contribution < -0.4 is 0 Å². The standard InChI is InChI=1S/C27H23Cl2N3O3S/c28-19-2-1-3-20(29)23(19)24-18(25(35-32-24)16-5-6-16)14-34-17-8-10-27(33,11-9-17)26-31-21-7-4-15(13-30)12-22(21)36-26/h1-4,7,12,16-17,33H,5-6,8-11,14H2. The molecule has 2 aromatic carbocycles. The van der Waals surface area contributed by atoms with Crippen LogP contribution in [-0.2, 0) is 16.9 Å². The van der Waals surface area contributed by atoms with Gasteiger partial charge in [-0.25, -0.2) is 4.98 Å². The molecule has 0 amide bonds. The van der Waals surface area contributed by atoms with Crippen LogP contribution in [0.3, 0.4) is 0 Å². The lowest BCUT2D eigenvalue weighted by Crippen LogP contribution is -2.34. The molecule has 0 aliphatic heterocycles. The fraction of sp³-hybridized carbons (Fsp3) is 0.370. The number of aromatic nitrogens is 2. The Hall–Kier alpha value is -2.47. The van der Waals surface area contributed by atoms with Gasteiger partial charge in [-0.2, -0.15) is 5.26 Å². The molecule has 2 aliphatic carbocycles. The minimum Gasteiger partial charge on any atom is -0.383 e. The summed E-state index contributed by atoms with van der Waals surface area (Å²) in [6.07, 6.45) is 4.69. The largest absolute Gasteiger partial charge is 0.383 e. The smallest absolute Gasteiger partial charge is 0.145 e. The van der Waals surface area contributed by atoms with E-state index < -0.39 is 5.60 Å². The van der Waals surface area contributed by atoms with Gasteiger partial charge < -0.3 is 14.4 Å². The maximum atomic E-state index is 11.4. The van der Waals surface area contributed by atoms with Crippen LogP contribution in [0.2, 0.25) is 10.0 Å². The Morgan fingerprint density at radius 2 is 1.89 bits per heavy atom. The van der Waals surface area contributed by atoms with Gasteiger partial charge >= 0.3 is 0 Å². The molecule has 6 nitrogen and oxygen atoms in total. The zero-order chi connectivity index (χ0) is 24.9. The van der Waals surface area contributed by atoms with Crippen molar-refractivity contribution in [1.82, 2.24) is 10.1 Å². The van der Waals surface area contributed by atoms with Crippen LogP contribution in [0.5, 0.6) is 0 Å². The van der Waals surface area contributed by atoms with Crippen molar-refractivity contribution in [3.05, 3.63) is 68.3 Å². The topological polar surface area (TPSA) is 92.2 Å². The van der Waals surface area contributed by atoms with Crippen molar-refractivity contribution in [1.29, 1.82) is 5.26 Å². The van der Waals surface area contributed by atoms with E-state index in [1.54, 1.807) is 18.2 Å². The monoisotopic (exact) mass is 539 g/mol. The first-order valence-electron chi connectivity index (χ1n) is 12.0. The SMILES string of the molecule is N#Cc1ccc2nc(C3(O)CCC(OCc4c(-c5c(Cl)cccc5Cl)noc4C4CC4)CC3)sc2c1. The number of rotatable bonds is 6. The summed E-state index contributed by atoms with van der Waals surface area (Å²) < 4.78 is 13.0. The molecule has 0 radical (unpaired) electrons. The number of ether oxygens (including phenoxy) is 1. The summed E-state index contributed by atoms with van der Waals surface area (Å²) in [5.41, 5.74) is 2.65. The Bertz CT molecular complexity index is 1460. The first-order chi connectivity index (χ1) is 17.4. The molecular weight excluding hydrogens is 517 g/mol. The normalized spacial score (nSPS) is 22.1. The zero-order valence-electron chi connectivity index (χ0n) is 19.3. The van der Waals surface area contributed by atoms with E-state index in [2.05, 4.69) is 16.2 Å². The molecule has 2 heterocycles. The number of nitriles is 1. The van der Waals surface area contributed by atoms with Crippen molar-refractivity contribution in [2.24, 2.45) is 0 Å². The summed E-state index contributed by atoms with van der Waals surface area (Å²) in [5.74, 6) is 1.22. The Balaban J connectivity index is 1.17. The second-order valence-corrected chi connectivity index (χ2v) is 11.4. The van der Waals surface area contributed by atoms with E-state index in [9.17, 15) is 5.11 Å². The Labute approximate surface area is 222 Å². The van der Waals surface area contributed by atoms with Gasteiger partial charge in [0.15, 0.2) is 0 Å². The van der Waals surface area contributed by atoms with Gasteiger partial charge in [-0.05, 0) is 68.9 Å². The van der Waals surface area contributed by atoms with E-state index in [0.717, 1.165) is 34.4 Å². The zero-order valence-corrected chi connectivity index (χ0v) is 21.7. The first-order valence-corrected chi connectivity index (χ1v) is 13.6. The van der Waals surface area contributed by atoms with Gasteiger partial charge in [0, 0.05) is 17.0 Å². The molecule has 2 fully saturated rings. The lowest BCUT2D eigenvalue weighted by Gasteiger charge is -2.34. The summed E-state index contributed by atoms with van der Waals surface area (Å²) in [5, 5.41) is 26.7. The third-order valence-electron chi connectivity index (χ3n) is 7.11. The molecule has 0 bridgehead atoms. The predicted molar refractivity (Wildman–Crippen MR) is 139 cm³/mol. The summed E-state index contributed by atoms with van der Waals surface area (Å²) >= 11 is 14.4. The minimum absolute atomic E-state index is 0.00126. The molecule has 184 valence electrons. The van der Waals surface area contributed by atoms with Crippen molar-refractivity contribution in [2.45, 2.75) is 62.8 Å². The molecule has 4 aromatic rings. The number of thiazole rings is 1. The predicted octanol–water partition coefficient (Wildman–Crippen LogP) is 7.35. The summed E-state index contributed by atoms with van der Waals surface area (Å²) in [4.78, 5) is 4.67. The third kappa shape index (κ3) is 4.42. The van der Waals surface area contributed by atoms with Crippen molar-refractivity contribution in [3.63, 3.8) is 0 Å². The number of hydrogen-bond acceptors (Lipinski definition) is 7. The summed E-state index contributed by atoms with van der Waals surface area (Å²) in [6.45, 7) is 0.355. The molecule has 6 rings (SSSR count). The third-order valence-corrected chi connectivity index (χ3v) is 8.95. The van der Waals surface area contributed by atoms with Gasteiger partial charge in [-0.1, -0.05) is 34.4 Å². The van der Waals surface area contributed by atoms with E-state index in [-0.39, 0.29) is 6.10 Å². The summed E-state index contributed by atoms with van der Waals surface area (Å²) in [6, 6.07) is 13.0. The molecule has 0 saturated heterocycles. The maximum Gasteiger partial charge on any atom is 0.145 e. The van der Waals surface area contributed by atoms with Crippen molar-refractivity contribution in [3.8, 4) is 17.3 Å².